The zero-order valence-electron chi connectivity index (χ0n) is 11.3. The molecular formula is C14H9Cl2FN4S. The molecule has 2 heterocycles. The van der Waals surface area contributed by atoms with Crippen molar-refractivity contribution in [2.75, 3.05) is 0 Å². The predicted molar refractivity (Wildman–Crippen MR) is 86.9 cm³/mol. The van der Waals surface area contributed by atoms with Crippen LogP contribution in [-0.4, -0.2) is 19.7 Å². The van der Waals surface area contributed by atoms with Crippen molar-refractivity contribution in [1.82, 2.24) is 19.7 Å². The van der Waals surface area contributed by atoms with Crippen LogP contribution in [0.4, 0.5) is 4.39 Å². The molecule has 0 aliphatic rings. The topological polar surface area (TPSA) is 43.6 Å². The lowest BCUT2D eigenvalue weighted by molar-refractivity contribution is 0.628. The summed E-state index contributed by atoms with van der Waals surface area (Å²) in [6, 6.07) is 7.69. The Hall–Kier alpha value is -1.63. The number of benzene rings is 1. The van der Waals surface area contributed by atoms with Gasteiger partial charge in [-0.1, -0.05) is 29.3 Å². The van der Waals surface area contributed by atoms with Crippen LogP contribution in [0.1, 0.15) is 0 Å². The molecule has 3 aromatic rings. The van der Waals surface area contributed by atoms with E-state index in [9.17, 15) is 4.39 Å². The van der Waals surface area contributed by atoms with Gasteiger partial charge in [-0.2, -0.15) is 0 Å². The third-order valence-corrected chi connectivity index (χ3v) is 3.92. The van der Waals surface area contributed by atoms with Crippen LogP contribution in [-0.2, 0) is 7.05 Å². The van der Waals surface area contributed by atoms with E-state index >= 15 is 0 Å². The molecule has 0 aliphatic carbocycles. The number of rotatable bonds is 2. The van der Waals surface area contributed by atoms with E-state index < -0.39 is 0 Å². The summed E-state index contributed by atoms with van der Waals surface area (Å²) in [7, 11) is 1.75. The van der Waals surface area contributed by atoms with Crippen molar-refractivity contribution in [2.24, 2.45) is 7.05 Å². The second-order valence-electron chi connectivity index (χ2n) is 4.57. The van der Waals surface area contributed by atoms with E-state index in [2.05, 4.69) is 27.8 Å². The van der Waals surface area contributed by atoms with Crippen molar-refractivity contribution >= 4 is 35.8 Å². The third-order valence-electron chi connectivity index (χ3n) is 3.15. The van der Waals surface area contributed by atoms with Crippen molar-refractivity contribution in [3.8, 4) is 22.5 Å². The zero-order valence-corrected chi connectivity index (χ0v) is 13.7. The lowest BCUT2D eigenvalue weighted by Crippen LogP contribution is -1.96. The maximum absolute atomic E-state index is 13.7. The van der Waals surface area contributed by atoms with E-state index in [0.717, 1.165) is 5.56 Å². The van der Waals surface area contributed by atoms with Gasteiger partial charge in [0.1, 0.15) is 16.1 Å². The van der Waals surface area contributed by atoms with Gasteiger partial charge in [-0.3, -0.25) is 0 Å². The lowest BCUT2D eigenvalue weighted by atomic mass is 10.00. The van der Waals surface area contributed by atoms with Crippen LogP contribution in [0.3, 0.4) is 0 Å². The van der Waals surface area contributed by atoms with Gasteiger partial charge >= 0.3 is 0 Å². The Balaban J connectivity index is 2.27. The van der Waals surface area contributed by atoms with E-state index in [4.69, 9.17) is 23.2 Å². The first-order valence-electron chi connectivity index (χ1n) is 6.17. The van der Waals surface area contributed by atoms with Crippen LogP contribution in [0.15, 0.2) is 35.5 Å². The molecule has 0 amide bonds. The highest BCUT2D eigenvalue weighted by molar-refractivity contribution is 7.80. The number of nitrogens with zero attached hydrogens (tertiary/aromatic N) is 4. The summed E-state index contributed by atoms with van der Waals surface area (Å²) in [6.45, 7) is 0. The number of halogens is 3. The first kappa shape index (κ1) is 15.3. The van der Waals surface area contributed by atoms with Crippen LogP contribution >= 0.6 is 35.8 Å². The molecule has 0 radical (unpaired) electrons. The largest absolute Gasteiger partial charge is 0.305 e. The maximum Gasteiger partial charge on any atom is 0.188 e. The molecule has 2 aromatic heterocycles. The minimum absolute atomic E-state index is 0.255. The molecular weight excluding hydrogens is 346 g/mol. The number of aromatic nitrogens is 4. The summed E-state index contributed by atoms with van der Waals surface area (Å²) in [4.78, 5) is 3.91. The zero-order chi connectivity index (χ0) is 15.9. The molecule has 4 nitrogen and oxygen atoms in total. The van der Waals surface area contributed by atoms with Crippen molar-refractivity contribution in [1.29, 1.82) is 0 Å². The van der Waals surface area contributed by atoms with Gasteiger partial charge in [0.2, 0.25) is 0 Å². The summed E-state index contributed by atoms with van der Waals surface area (Å²) in [5.74, 6) is 0.109. The molecule has 0 atom stereocenters. The number of hydrogen-bond acceptors (Lipinski definition) is 4. The van der Waals surface area contributed by atoms with Crippen LogP contribution < -0.4 is 0 Å². The standard InChI is InChI=1S/C14H9Cl2FN4S/c1-21-13(19-20-14(21)22)10-6-8(17)2-3-9(10)7-4-11(15)18-12(16)5-7/h2-6H,1H3,(H,20,22). The van der Waals surface area contributed by atoms with Gasteiger partial charge in [-0.15, -0.1) is 22.8 Å². The number of thiol groups is 1. The highest BCUT2D eigenvalue weighted by Gasteiger charge is 2.16. The summed E-state index contributed by atoms with van der Waals surface area (Å²) in [6.07, 6.45) is 0. The Morgan fingerprint density at radius 1 is 1.05 bits per heavy atom. The lowest BCUT2D eigenvalue weighted by Gasteiger charge is -2.10. The van der Waals surface area contributed by atoms with Gasteiger partial charge < -0.3 is 4.57 Å². The fourth-order valence-electron chi connectivity index (χ4n) is 2.13. The summed E-state index contributed by atoms with van der Waals surface area (Å²) < 4.78 is 15.4. The molecule has 0 aliphatic heterocycles. The molecule has 8 heteroatoms. The minimum atomic E-state index is -0.381. The third kappa shape index (κ3) is 2.82. The molecule has 0 bridgehead atoms. The Labute approximate surface area is 141 Å². The molecule has 0 unspecified atom stereocenters. The van der Waals surface area contributed by atoms with Gasteiger partial charge in [0.25, 0.3) is 0 Å². The second-order valence-corrected chi connectivity index (χ2v) is 5.75. The van der Waals surface area contributed by atoms with Crippen LogP contribution in [0.2, 0.25) is 10.3 Å². The average molecular weight is 355 g/mol. The van der Waals surface area contributed by atoms with Crippen LogP contribution in [0.5, 0.6) is 0 Å². The van der Waals surface area contributed by atoms with E-state index in [-0.39, 0.29) is 16.1 Å². The molecule has 0 fully saturated rings. The Bertz CT molecular complexity index is 846. The summed E-state index contributed by atoms with van der Waals surface area (Å²) in [5.41, 5.74) is 1.99. The van der Waals surface area contributed by atoms with Crippen molar-refractivity contribution in [3.63, 3.8) is 0 Å². The molecule has 0 N–H and O–H groups in total. The van der Waals surface area contributed by atoms with Crippen LogP contribution in [0, 0.1) is 5.82 Å². The quantitative estimate of drug-likeness (QED) is 0.551. The van der Waals surface area contributed by atoms with Gasteiger partial charge in [0, 0.05) is 12.6 Å². The molecule has 0 saturated carbocycles. The van der Waals surface area contributed by atoms with E-state index in [1.165, 1.54) is 12.1 Å². The van der Waals surface area contributed by atoms with Crippen molar-refractivity contribution in [3.05, 3.63) is 46.5 Å². The smallest absolute Gasteiger partial charge is 0.188 e. The first-order chi connectivity index (χ1) is 10.5. The Kier molecular flexibility index (Phi) is 4.08. The molecule has 3 rings (SSSR count). The molecule has 112 valence electrons. The van der Waals surface area contributed by atoms with Gasteiger partial charge in [-0.05, 0) is 35.4 Å². The van der Waals surface area contributed by atoms with E-state index in [0.29, 0.717) is 22.1 Å². The highest BCUT2D eigenvalue weighted by atomic mass is 35.5. The average Bonchev–Trinajstić information content (AvgIpc) is 2.77. The fourth-order valence-corrected chi connectivity index (χ4v) is 2.73. The Morgan fingerprint density at radius 3 is 2.32 bits per heavy atom. The predicted octanol–water partition coefficient (Wildman–Crippen LogP) is 4.28. The summed E-state index contributed by atoms with van der Waals surface area (Å²) >= 11 is 16.1. The maximum atomic E-state index is 13.7. The Morgan fingerprint density at radius 2 is 1.73 bits per heavy atom. The van der Waals surface area contributed by atoms with Crippen molar-refractivity contribution in [2.45, 2.75) is 5.16 Å². The fraction of sp³-hybridized carbons (Fsp3) is 0.0714. The molecule has 22 heavy (non-hydrogen) atoms. The van der Waals surface area contributed by atoms with Crippen LogP contribution in [0.25, 0.3) is 22.5 Å². The first-order valence-corrected chi connectivity index (χ1v) is 7.38. The molecule has 0 spiro atoms. The minimum Gasteiger partial charge on any atom is -0.305 e. The SMILES string of the molecule is Cn1c(S)nnc1-c1cc(F)ccc1-c1cc(Cl)nc(Cl)c1. The number of pyridine rings is 1. The summed E-state index contributed by atoms with van der Waals surface area (Å²) in [5, 5.41) is 8.87. The highest BCUT2D eigenvalue weighted by Crippen LogP contribution is 2.34. The molecule has 1 aromatic carbocycles. The van der Waals surface area contributed by atoms with Gasteiger partial charge in [0.05, 0.1) is 0 Å². The monoisotopic (exact) mass is 354 g/mol. The van der Waals surface area contributed by atoms with E-state index in [1.807, 2.05) is 0 Å². The van der Waals surface area contributed by atoms with Gasteiger partial charge in [0.15, 0.2) is 11.0 Å². The number of hydrogen-bond donors (Lipinski definition) is 1. The van der Waals surface area contributed by atoms with Crippen molar-refractivity contribution < 1.29 is 4.39 Å². The normalized spacial score (nSPS) is 11.0. The van der Waals surface area contributed by atoms with Gasteiger partial charge in [-0.25, -0.2) is 9.37 Å². The second kappa shape index (κ2) is 5.87. The molecule has 0 saturated heterocycles. The van der Waals surface area contributed by atoms with E-state index in [1.54, 1.807) is 29.8 Å².